The van der Waals surface area contributed by atoms with E-state index in [9.17, 15) is 9.59 Å². The molecule has 0 bridgehead atoms. The zero-order valence-electron chi connectivity index (χ0n) is 14.4. The summed E-state index contributed by atoms with van der Waals surface area (Å²) in [6.07, 6.45) is 1.06. The SMILES string of the molecule is CC(=O)N(CCC(=O)NCc1ccccc1Cl)CCc1ccccc1. The lowest BCUT2D eigenvalue weighted by Gasteiger charge is -2.21. The second kappa shape index (κ2) is 9.84. The molecule has 0 saturated carbocycles. The molecule has 2 aromatic carbocycles. The van der Waals surface area contributed by atoms with Gasteiger partial charge in [-0.25, -0.2) is 0 Å². The molecule has 4 nitrogen and oxygen atoms in total. The van der Waals surface area contributed by atoms with Crippen LogP contribution in [0.2, 0.25) is 5.02 Å². The first kappa shape index (κ1) is 19.0. The molecule has 2 aromatic rings. The smallest absolute Gasteiger partial charge is 0.222 e. The minimum Gasteiger partial charge on any atom is -0.352 e. The van der Waals surface area contributed by atoms with Gasteiger partial charge in [-0.15, -0.1) is 0 Å². The average molecular weight is 359 g/mol. The molecule has 0 aromatic heterocycles. The third-order valence-corrected chi connectivity index (χ3v) is 4.37. The molecular weight excluding hydrogens is 336 g/mol. The molecule has 5 heteroatoms. The molecule has 1 N–H and O–H groups in total. The number of halogens is 1. The maximum atomic E-state index is 12.0. The van der Waals surface area contributed by atoms with E-state index in [0.717, 1.165) is 12.0 Å². The van der Waals surface area contributed by atoms with Crippen LogP contribution < -0.4 is 5.32 Å². The second-order valence-corrected chi connectivity index (χ2v) is 6.27. The number of nitrogens with one attached hydrogen (secondary N) is 1. The normalized spacial score (nSPS) is 10.3. The number of amides is 2. The molecule has 0 unspecified atom stereocenters. The maximum absolute atomic E-state index is 12.0. The van der Waals surface area contributed by atoms with Crippen molar-refractivity contribution < 1.29 is 9.59 Å². The van der Waals surface area contributed by atoms with Crippen LogP contribution in [0.5, 0.6) is 0 Å². The molecule has 2 rings (SSSR count). The Balaban J connectivity index is 1.77. The zero-order valence-corrected chi connectivity index (χ0v) is 15.1. The molecule has 0 aliphatic rings. The number of rotatable bonds is 8. The van der Waals surface area contributed by atoms with E-state index in [1.807, 2.05) is 48.5 Å². The first-order valence-corrected chi connectivity index (χ1v) is 8.73. The summed E-state index contributed by atoms with van der Waals surface area (Å²) in [6.45, 7) is 2.95. The van der Waals surface area contributed by atoms with Gasteiger partial charge in [0.15, 0.2) is 0 Å². The van der Waals surface area contributed by atoms with Crippen molar-refractivity contribution in [1.82, 2.24) is 10.2 Å². The summed E-state index contributed by atoms with van der Waals surface area (Å²) in [4.78, 5) is 25.5. The standard InChI is InChI=1S/C20H23ClN2O2/c1-16(24)23(13-11-17-7-3-2-4-8-17)14-12-20(25)22-15-18-9-5-6-10-19(18)21/h2-10H,11-15H2,1H3,(H,22,25). The number of carbonyl (C=O) groups excluding carboxylic acids is 2. The fourth-order valence-electron chi connectivity index (χ4n) is 2.50. The van der Waals surface area contributed by atoms with Crippen molar-refractivity contribution in [3.63, 3.8) is 0 Å². The van der Waals surface area contributed by atoms with Gasteiger partial charge in [0.2, 0.25) is 11.8 Å². The highest BCUT2D eigenvalue weighted by Gasteiger charge is 2.11. The molecule has 0 aliphatic carbocycles. The average Bonchev–Trinajstić information content (AvgIpc) is 2.61. The molecule has 0 fully saturated rings. The first-order chi connectivity index (χ1) is 12.1. The van der Waals surface area contributed by atoms with Crippen LogP contribution >= 0.6 is 11.6 Å². The van der Waals surface area contributed by atoms with Gasteiger partial charge in [0, 0.05) is 38.0 Å². The third kappa shape index (κ3) is 6.59. The Bertz CT molecular complexity index is 704. The van der Waals surface area contributed by atoms with Gasteiger partial charge < -0.3 is 10.2 Å². The largest absolute Gasteiger partial charge is 0.352 e. The van der Waals surface area contributed by atoms with Gasteiger partial charge in [0.1, 0.15) is 0 Å². The van der Waals surface area contributed by atoms with Crippen molar-refractivity contribution in [2.24, 2.45) is 0 Å². The predicted octanol–water partition coefficient (Wildman–Crippen LogP) is 3.44. The van der Waals surface area contributed by atoms with Gasteiger partial charge in [0.05, 0.1) is 0 Å². The van der Waals surface area contributed by atoms with Crippen LogP contribution in [0.15, 0.2) is 54.6 Å². The lowest BCUT2D eigenvalue weighted by Crippen LogP contribution is -2.35. The van der Waals surface area contributed by atoms with Crippen LogP contribution in [0.4, 0.5) is 0 Å². The van der Waals surface area contributed by atoms with Crippen LogP contribution in [-0.4, -0.2) is 29.8 Å². The fraction of sp³-hybridized carbons (Fsp3) is 0.300. The van der Waals surface area contributed by atoms with Crippen molar-refractivity contribution in [2.45, 2.75) is 26.3 Å². The second-order valence-electron chi connectivity index (χ2n) is 5.86. The predicted molar refractivity (Wildman–Crippen MR) is 100 cm³/mol. The van der Waals surface area contributed by atoms with Crippen LogP contribution in [0.25, 0.3) is 0 Å². The molecule has 0 aliphatic heterocycles. The van der Waals surface area contributed by atoms with E-state index in [1.165, 1.54) is 12.5 Å². The Labute approximate surface area is 153 Å². The van der Waals surface area contributed by atoms with Crippen LogP contribution in [0.1, 0.15) is 24.5 Å². The molecule has 132 valence electrons. The number of nitrogens with zero attached hydrogens (tertiary/aromatic N) is 1. The van der Waals surface area contributed by atoms with Crippen molar-refractivity contribution in [3.8, 4) is 0 Å². The summed E-state index contributed by atoms with van der Waals surface area (Å²) in [5.74, 6) is -0.110. The topological polar surface area (TPSA) is 49.4 Å². The van der Waals surface area contributed by atoms with Crippen molar-refractivity contribution in [2.75, 3.05) is 13.1 Å². The van der Waals surface area contributed by atoms with Gasteiger partial charge in [-0.1, -0.05) is 60.1 Å². The number of hydrogen-bond donors (Lipinski definition) is 1. The molecule has 0 atom stereocenters. The minimum absolute atomic E-state index is 0.0187. The third-order valence-electron chi connectivity index (χ3n) is 4.00. The van der Waals surface area contributed by atoms with Crippen LogP contribution in [0.3, 0.4) is 0 Å². The van der Waals surface area contributed by atoms with E-state index in [2.05, 4.69) is 5.32 Å². The maximum Gasteiger partial charge on any atom is 0.222 e. The Morgan fingerprint density at radius 2 is 1.68 bits per heavy atom. The molecule has 2 amide bonds. The molecule has 0 radical (unpaired) electrons. The summed E-state index contributed by atoms with van der Waals surface area (Å²) in [6, 6.07) is 17.4. The quantitative estimate of drug-likeness (QED) is 0.785. The molecule has 25 heavy (non-hydrogen) atoms. The van der Waals surface area contributed by atoms with Crippen LogP contribution in [0, 0.1) is 0 Å². The Morgan fingerprint density at radius 3 is 2.36 bits per heavy atom. The van der Waals surface area contributed by atoms with E-state index in [4.69, 9.17) is 11.6 Å². The summed E-state index contributed by atoms with van der Waals surface area (Å²) in [5, 5.41) is 3.48. The lowest BCUT2D eigenvalue weighted by molar-refractivity contribution is -0.129. The van der Waals surface area contributed by atoms with Crippen molar-refractivity contribution >= 4 is 23.4 Å². The molecular formula is C20H23ClN2O2. The fourth-order valence-corrected chi connectivity index (χ4v) is 2.70. The van der Waals surface area contributed by atoms with E-state index in [1.54, 1.807) is 11.0 Å². The van der Waals surface area contributed by atoms with Gasteiger partial charge in [-0.05, 0) is 23.6 Å². The summed E-state index contributed by atoms with van der Waals surface area (Å²) < 4.78 is 0. The Morgan fingerprint density at radius 1 is 1.00 bits per heavy atom. The van der Waals surface area contributed by atoms with E-state index < -0.39 is 0 Å². The molecule has 0 heterocycles. The van der Waals surface area contributed by atoms with Gasteiger partial charge in [-0.3, -0.25) is 9.59 Å². The first-order valence-electron chi connectivity index (χ1n) is 8.36. The Hall–Kier alpha value is -2.33. The van der Waals surface area contributed by atoms with Crippen LogP contribution in [-0.2, 0) is 22.6 Å². The minimum atomic E-state index is -0.0918. The highest BCUT2D eigenvalue weighted by molar-refractivity contribution is 6.31. The Kier molecular flexibility index (Phi) is 7.48. The zero-order chi connectivity index (χ0) is 18.1. The lowest BCUT2D eigenvalue weighted by atomic mass is 10.1. The highest BCUT2D eigenvalue weighted by atomic mass is 35.5. The molecule has 0 spiro atoms. The van der Waals surface area contributed by atoms with E-state index >= 15 is 0 Å². The van der Waals surface area contributed by atoms with Gasteiger partial charge >= 0.3 is 0 Å². The summed E-state index contributed by atoms with van der Waals surface area (Å²) in [5.41, 5.74) is 2.06. The number of benzene rings is 2. The van der Waals surface area contributed by atoms with E-state index in [0.29, 0.717) is 24.7 Å². The molecule has 0 saturated heterocycles. The van der Waals surface area contributed by atoms with Crippen molar-refractivity contribution in [1.29, 1.82) is 0 Å². The van der Waals surface area contributed by atoms with Gasteiger partial charge in [-0.2, -0.15) is 0 Å². The summed E-state index contributed by atoms with van der Waals surface area (Å²) >= 11 is 6.07. The van der Waals surface area contributed by atoms with Crippen molar-refractivity contribution in [3.05, 3.63) is 70.7 Å². The van der Waals surface area contributed by atoms with Gasteiger partial charge in [0.25, 0.3) is 0 Å². The summed E-state index contributed by atoms with van der Waals surface area (Å²) in [7, 11) is 0. The monoisotopic (exact) mass is 358 g/mol. The highest BCUT2D eigenvalue weighted by Crippen LogP contribution is 2.14. The number of carbonyl (C=O) groups is 2. The number of hydrogen-bond acceptors (Lipinski definition) is 2. The van der Waals surface area contributed by atoms with E-state index in [-0.39, 0.29) is 18.2 Å².